The summed E-state index contributed by atoms with van der Waals surface area (Å²) in [7, 11) is 0. The summed E-state index contributed by atoms with van der Waals surface area (Å²) in [6.45, 7) is 0. The molecule has 1 aromatic heterocycles. The van der Waals surface area contributed by atoms with E-state index >= 15 is 0 Å². The molecule has 1 heterocycles. The molecule has 0 spiro atoms. The number of hydrogen-bond acceptors (Lipinski definition) is 3. The Bertz CT molecular complexity index is 754. The maximum Gasteiger partial charge on any atom is 0.230 e. The number of benzene rings is 2. The molecule has 0 fully saturated rings. The summed E-state index contributed by atoms with van der Waals surface area (Å²) in [6.07, 6.45) is 0. The second-order valence-corrected chi connectivity index (χ2v) is 4.26. The molecule has 2 aromatic carbocycles. The zero-order valence-electron chi connectivity index (χ0n) is 10.3. The summed E-state index contributed by atoms with van der Waals surface area (Å²) < 4.78 is 31.8. The zero-order chi connectivity index (χ0) is 14.1. The molecule has 100 valence electrons. The standard InChI is InChI=1S/C15H10F2N2O/c16-10-6-7-11(12(17)8-10)14-13(15(18)20-19-14)9-4-2-1-3-5-9/h1-8H,18H2. The first kappa shape index (κ1) is 12.3. The Balaban J connectivity index is 2.21. The minimum Gasteiger partial charge on any atom is -0.367 e. The number of anilines is 1. The summed E-state index contributed by atoms with van der Waals surface area (Å²) >= 11 is 0. The lowest BCUT2D eigenvalue weighted by Gasteiger charge is -2.04. The predicted molar refractivity (Wildman–Crippen MR) is 71.7 cm³/mol. The van der Waals surface area contributed by atoms with E-state index in [9.17, 15) is 8.78 Å². The van der Waals surface area contributed by atoms with Crippen molar-refractivity contribution >= 4 is 5.88 Å². The summed E-state index contributed by atoms with van der Waals surface area (Å²) in [4.78, 5) is 0. The van der Waals surface area contributed by atoms with Gasteiger partial charge in [0.05, 0.1) is 5.56 Å². The lowest BCUT2D eigenvalue weighted by Crippen LogP contribution is -1.90. The molecule has 20 heavy (non-hydrogen) atoms. The van der Waals surface area contributed by atoms with Gasteiger partial charge in [-0.05, 0) is 17.7 Å². The topological polar surface area (TPSA) is 52.0 Å². The van der Waals surface area contributed by atoms with Gasteiger partial charge in [-0.2, -0.15) is 0 Å². The highest BCUT2D eigenvalue weighted by molar-refractivity contribution is 5.86. The van der Waals surface area contributed by atoms with Gasteiger partial charge in [0.25, 0.3) is 0 Å². The average Bonchev–Trinajstić information content (AvgIpc) is 2.81. The Morgan fingerprint density at radius 1 is 1.00 bits per heavy atom. The molecule has 3 nitrogen and oxygen atoms in total. The van der Waals surface area contributed by atoms with E-state index < -0.39 is 11.6 Å². The third-order valence-corrected chi connectivity index (χ3v) is 2.97. The van der Waals surface area contributed by atoms with Crippen LogP contribution in [0.5, 0.6) is 0 Å². The predicted octanol–water partition coefficient (Wildman–Crippen LogP) is 3.87. The molecule has 0 aliphatic carbocycles. The van der Waals surface area contributed by atoms with Crippen LogP contribution in [0, 0.1) is 11.6 Å². The van der Waals surface area contributed by atoms with Gasteiger partial charge in [-0.15, -0.1) is 0 Å². The van der Waals surface area contributed by atoms with Gasteiger partial charge in [0, 0.05) is 11.6 Å². The van der Waals surface area contributed by atoms with Crippen LogP contribution in [0.1, 0.15) is 0 Å². The van der Waals surface area contributed by atoms with E-state index in [1.54, 1.807) is 0 Å². The van der Waals surface area contributed by atoms with Crippen LogP contribution in [-0.4, -0.2) is 5.16 Å². The highest BCUT2D eigenvalue weighted by atomic mass is 19.1. The molecule has 0 aliphatic heterocycles. The molecule has 3 aromatic rings. The number of nitrogens with two attached hydrogens (primary N) is 1. The highest BCUT2D eigenvalue weighted by Crippen LogP contribution is 2.37. The maximum absolute atomic E-state index is 13.9. The molecule has 0 amide bonds. The van der Waals surface area contributed by atoms with Gasteiger partial charge in [0.1, 0.15) is 17.3 Å². The van der Waals surface area contributed by atoms with Crippen molar-refractivity contribution in [2.45, 2.75) is 0 Å². The molecular formula is C15H10F2N2O. The highest BCUT2D eigenvalue weighted by Gasteiger charge is 2.20. The Hall–Kier alpha value is -2.69. The molecule has 0 bridgehead atoms. The van der Waals surface area contributed by atoms with E-state index in [4.69, 9.17) is 10.3 Å². The fourth-order valence-corrected chi connectivity index (χ4v) is 2.05. The van der Waals surface area contributed by atoms with Crippen LogP contribution in [0.15, 0.2) is 53.1 Å². The van der Waals surface area contributed by atoms with E-state index in [0.29, 0.717) is 5.56 Å². The van der Waals surface area contributed by atoms with Crippen molar-refractivity contribution in [2.75, 3.05) is 5.73 Å². The van der Waals surface area contributed by atoms with Crippen LogP contribution >= 0.6 is 0 Å². The number of nitrogen functional groups attached to an aromatic ring is 1. The molecule has 5 heteroatoms. The number of halogens is 2. The van der Waals surface area contributed by atoms with Gasteiger partial charge in [0.2, 0.25) is 5.88 Å². The van der Waals surface area contributed by atoms with Crippen molar-refractivity contribution in [1.29, 1.82) is 0 Å². The number of nitrogens with zero attached hydrogens (tertiary/aromatic N) is 1. The Morgan fingerprint density at radius 3 is 2.45 bits per heavy atom. The molecule has 0 aliphatic rings. The second kappa shape index (κ2) is 4.77. The molecule has 0 atom stereocenters. The van der Waals surface area contributed by atoms with E-state index in [1.807, 2.05) is 30.3 Å². The molecule has 0 unspecified atom stereocenters. The van der Waals surface area contributed by atoms with Crippen LogP contribution in [-0.2, 0) is 0 Å². The first-order valence-corrected chi connectivity index (χ1v) is 5.93. The molecule has 0 saturated carbocycles. The van der Waals surface area contributed by atoms with Crippen molar-refractivity contribution in [1.82, 2.24) is 5.16 Å². The van der Waals surface area contributed by atoms with E-state index in [2.05, 4.69) is 5.16 Å². The van der Waals surface area contributed by atoms with Crippen LogP contribution < -0.4 is 5.73 Å². The minimum atomic E-state index is -0.713. The van der Waals surface area contributed by atoms with E-state index in [0.717, 1.165) is 17.7 Å². The lowest BCUT2D eigenvalue weighted by atomic mass is 10.0. The van der Waals surface area contributed by atoms with Gasteiger partial charge in [-0.3, -0.25) is 0 Å². The number of rotatable bonds is 2. The lowest BCUT2D eigenvalue weighted by molar-refractivity contribution is 0.439. The smallest absolute Gasteiger partial charge is 0.230 e. The summed E-state index contributed by atoms with van der Waals surface area (Å²) in [5.41, 5.74) is 7.42. The van der Waals surface area contributed by atoms with Crippen molar-refractivity contribution in [2.24, 2.45) is 0 Å². The summed E-state index contributed by atoms with van der Waals surface area (Å²) in [5.74, 6) is -1.27. The first-order chi connectivity index (χ1) is 9.66. The quantitative estimate of drug-likeness (QED) is 0.770. The zero-order valence-corrected chi connectivity index (χ0v) is 10.3. The first-order valence-electron chi connectivity index (χ1n) is 5.93. The molecular weight excluding hydrogens is 262 g/mol. The average molecular weight is 272 g/mol. The van der Waals surface area contributed by atoms with Gasteiger partial charge in [-0.25, -0.2) is 8.78 Å². The van der Waals surface area contributed by atoms with E-state index in [-0.39, 0.29) is 17.1 Å². The number of hydrogen-bond donors (Lipinski definition) is 1. The minimum absolute atomic E-state index is 0.0925. The van der Waals surface area contributed by atoms with Gasteiger partial charge in [-0.1, -0.05) is 35.5 Å². The third-order valence-electron chi connectivity index (χ3n) is 2.97. The van der Waals surface area contributed by atoms with Gasteiger partial charge in [0.15, 0.2) is 0 Å². The number of aromatic nitrogens is 1. The van der Waals surface area contributed by atoms with Crippen LogP contribution in [0.2, 0.25) is 0 Å². The summed E-state index contributed by atoms with van der Waals surface area (Å²) in [6, 6.07) is 12.4. The van der Waals surface area contributed by atoms with Gasteiger partial charge < -0.3 is 10.3 Å². The SMILES string of the molecule is Nc1onc(-c2ccc(F)cc2F)c1-c1ccccc1. The summed E-state index contributed by atoms with van der Waals surface area (Å²) in [5, 5.41) is 3.79. The molecule has 0 saturated heterocycles. The fraction of sp³-hybridized carbons (Fsp3) is 0. The van der Waals surface area contributed by atoms with Crippen molar-refractivity contribution in [3.8, 4) is 22.4 Å². The van der Waals surface area contributed by atoms with E-state index in [1.165, 1.54) is 6.07 Å². The Kier molecular flexibility index (Phi) is 2.95. The van der Waals surface area contributed by atoms with Crippen molar-refractivity contribution in [3.05, 3.63) is 60.2 Å². The fourth-order valence-electron chi connectivity index (χ4n) is 2.05. The van der Waals surface area contributed by atoms with Gasteiger partial charge >= 0.3 is 0 Å². The largest absolute Gasteiger partial charge is 0.367 e. The van der Waals surface area contributed by atoms with Crippen molar-refractivity contribution in [3.63, 3.8) is 0 Å². The molecule has 3 rings (SSSR count). The van der Waals surface area contributed by atoms with Crippen LogP contribution in [0.3, 0.4) is 0 Å². The molecule has 0 radical (unpaired) electrons. The van der Waals surface area contributed by atoms with Crippen LogP contribution in [0.25, 0.3) is 22.4 Å². The molecule has 2 N–H and O–H groups in total. The third kappa shape index (κ3) is 2.03. The maximum atomic E-state index is 13.9. The normalized spacial score (nSPS) is 10.7. The monoisotopic (exact) mass is 272 g/mol. The van der Waals surface area contributed by atoms with Crippen LogP contribution in [0.4, 0.5) is 14.7 Å². The Morgan fingerprint density at radius 2 is 1.75 bits per heavy atom. The Labute approximate surface area is 113 Å². The second-order valence-electron chi connectivity index (χ2n) is 4.26. The van der Waals surface area contributed by atoms with Crippen molar-refractivity contribution < 1.29 is 13.3 Å².